The number of halogens is 3. The molecule has 0 unspecified atom stereocenters. The van der Waals surface area contributed by atoms with E-state index in [0.717, 1.165) is 25.3 Å². The SMILES string of the molecule is OB(O)c1ccc(N2CCCCC2)c(C(F)(F)F)c1. The first kappa shape index (κ1) is 14.2. The third-order valence-corrected chi connectivity index (χ3v) is 3.32. The Labute approximate surface area is 109 Å². The molecule has 7 heteroatoms. The van der Waals surface area contributed by atoms with E-state index < -0.39 is 18.9 Å². The number of alkyl halides is 3. The Bertz CT molecular complexity index is 445. The van der Waals surface area contributed by atoms with Crippen molar-refractivity contribution in [2.24, 2.45) is 0 Å². The summed E-state index contributed by atoms with van der Waals surface area (Å²) in [6.45, 7) is 1.20. The summed E-state index contributed by atoms with van der Waals surface area (Å²) in [6, 6.07) is 3.46. The topological polar surface area (TPSA) is 43.7 Å². The number of piperidine rings is 1. The van der Waals surface area contributed by atoms with E-state index in [1.165, 1.54) is 12.1 Å². The molecule has 3 nitrogen and oxygen atoms in total. The maximum Gasteiger partial charge on any atom is 0.488 e. The van der Waals surface area contributed by atoms with E-state index in [0.29, 0.717) is 13.1 Å². The van der Waals surface area contributed by atoms with Gasteiger partial charge in [-0.1, -0.05) is 6.07 Å². The van der Waals surface area contributed by atoms with E-state index in [4.69, 9.17) is 10.0 Å². The van der Waals surface area contributed by atoms with E-state index in [9.17, 15) is 13.2 Å². The molecule has 0 saturated carbocycles. The van der Waals surface area contributed by atoms with Crippen LogP contribution in [-0.2, 0) is 6.18 Å². The first-order chi connectivity index (χ1) is 8.89. The van der Waals surface area contributed by atoms with Crippen LogP contribution in [0.3, 0.4) is 0 Å². The Balaban J connectivity index is 2.41. The van der Waals surface area contributed by atoms with Gasteiger partial charge in [0.25, 0.3) is 0 Å². The molecular formula is C12H15BF3NO2. The largest absolute Gasteiger partial charge is 0.488 e. The number of rotatable bonds is 2. The molecule has 0 amide bonds. The van der Waals surface area contributed by atoms with Crippen LogP contribution < -0.4 is 10.4 Å². The fourth-order valence-corrected chi connectivity index (χ4v) is 2.35. The predicted molar refractivity (Wildman–Crippen MR) is 67.3 cm³/mol. The van der Waals surface area contributed by atoms with Crippen LogP contribution >= 0.6 is 0 Å². The number of hydrogen-bond acceptors (Lipinski definition) is 3. The molecule has 0 spiro atoms. The highest BCUT2D eigenvalue weighted by Crippen LogP contribution is 2.36. The molecule has 0 bridgehead atoms. The fraction of sp³-hybridized carbons (Fsp3) is 0.500. The number of anilines is 1. The summed E-state index contributed by atoms with van der Waals surface area (Å²) in [5, 5.41) is 18.0. The Hall–Kier alpha value is -1.21. The van der Waals surface area contributed by atoms with Gasteiger partial charge in [0.1, 0.15) is 0 Å². The van der Waals surface area contributed by atoms with Crippen LogP contribution in [0.1, 0.15) is 24.8 Å². The molecule has 1 fully saturated rings. The van der Waals surface area contributed by atoms with Gasteiger partial charge in [-0.05, 0) is 36.9 Å². The van der Waals surface area contributed by atoms with Gasteiger partial charge in [-0.15, -0.1) is 0 Å². The highest BCUT2D eigenvalue weighted by atomic mass is 19.4. The van der Waals surface area contributed by atoms with Crippen molar-refractivity contribution < 1.29 is 23.2 Å². The molecule has 1 saturated heterocycles. The second-order valence-electron chi connectivity index (χ2n) is 4.70. The molecule has 0 aromatic heterocycles. The molecule has 104 valence electrons. The summed E-state index contributed by atoms with van der Waals surface area (Å²) < 4.78 is 39.2. The minimum Gasteiger partial charge on any atom is -0.423 e. The highest BCUT2D eigenvalue weighted by Gasteiger charge is 2.36. The van der Waals surface area contributed by atoms with Crippen molar-refractivity contribution in [2.75, 3.05) is 18.0 Å². The van der Waals surface area contributed by atoms with Crippen molar-refractivity contribution in [3.05, 3.63) is 23.8 Å². The van der Waals surface area contributed by atoms with Crippen molar-refractivity contribution in [2.45, 2.75) is 25.4 Å². The first-order valence-corrected chi connectivity index (χ1v) is 6.22. The summed E-state index contributed by atoms with van der Waals surface area (Å²) in [6.07, 6.45) is -1.72. The van der Waals surface area contributed by atoms with Crippen LogP contribution in [0.4, 0.5) is 18.9 Å². The van der Waals surface area contributed by atoms with Crippen molar-refractivity contribution in [1.82, 2.24) is 0 Å². The first-order valence-electron chi connectivity index (χ1n) is 6.22. The van der Waals surface area contributed by atoms with E-state index in [1.807, 2.05) is 0 Å². The maximum absolute atomic E-state index is 13.1. The summed E-state index contributed by atoms with van der Waals surface area (Å²) in [4.78, 5) is 1.71. The lowest BCUT2D eigenvalue weighted by molar-refractivity contribution is -0.137. The lowest BCUT2D eigenvalue weighted by Crippen LogP contribution is -2.34. The van der Waals surface area contributed by atoms with Gasteiger partial charge >= 0.3 is 13.3 Å². The Morgan fingerprint density at radius 3 is 2.21 bits per heavy atom. The van der Waals surface area contributed by atoms with Crippen LogP contribution in [0.25, 0.3) is 0 Å². The molecule has 1 aliphatic rings. The maximum atomic E-state index is 13.1. The number of hydrogen-bond donors (Lipinski definition) is 2. The number of benzene rings is 1. The molecule has 1 aromatic carbocycles. The van der Waals surface area contributed by atoms with Crippen molar-refractivity contribution in [3.8, 4) is 0 Å². The Kier molecular flexibility index (Phi) is 4.06. The zero-order valence-electron chi connectivity index (χ0n) is 10.3. The van der Waals surface area contributed by atoms with Gasteiger partial charge in [-0.25, -0.2) is 0 Å². The van der Waals surface area contributed by atoms with Gasteiger partial charge in [-0.2, -0.15) is 13.2 Å². The second-order valence-corrected chi connectivity index (χ2v) is 4.70. The highest BCUT2D eigenvalue weighted by molar-refractivity contribution is 6.58. The average molecular weight is 273 g/mol. The number of nitrogens with zero attached hydrogens (tertiary/aromatic N) is 1. The summed E-state index contributed by atoms with van der Waals surface area (Å²) in [5.74, 6) is 0. The molecule has 1 heterocycles. The normalized spacial score (nSPS) is 16.6. The van der Waals surface area contributed by atoms with E-state index >= 15 is 0 Å². The van der Waals surface area contributed by atoms with E-state index in [1.54, 1.807) is 4.90 Å². The molecule has 0 aliphatic carbocycles. The lowest BCUT2D eigenvalue weighted by Gasteiger charge is -2.31. The van der Waals surface area contributed by atoms with Gasteiger partial charge in [0, 0.05) is 18.8 Å². The molecule has 2 rings (SSSR count). The van der Waals surface area contributed by atoms with Crippen molar-refractivity contribution in [3.63, 3.8) is 0 Å². The Morgan fingerprint density at radius 1 is 1.05 bits per heavy atom. The quantitative estimate of drug-likeness (QED) is 0.800. The third kappa shape index (κ3) is 3.22. The van der Waals surface area contributed by atoms with Gasteiger partial charge < -0.3 is 14.9 Å². The Morgan fingerprint density at radius 2 is 1.68 bits per heavy atom. The molecule has 19 heavy (non-hydrogen) atoms. The molecule has 2 N–H and O–H groups in total. The van der Waals surface area contributed by atoms with Gasteiger partial charge in [0.15, 0.2) is 0 Å². The average Bonchev–Trinajstić information content (AvgIpc) is 2.38. The standard InChI is InChI=1S/C12H15BF3NO2/c14-12(15,16)10-8-9(13(18)19)4-5-11(10)17-6-2-1-3-7-17/h4-5,8,18-19H,1-3,6-7H2. The van der Waals surface area contributed by atoms with Crippen LogP contribution in [0.5, 0.6) is 0 Å². The van der Waals surface area contributed by atoms with Gasteiger partial charge in [0.05, 0.1) is 5.56 Å². The van der Waals surface area contributed by atoms with E-state index in [-0.39, 0.29) is 11.2 Å². The van der Waals surface area contributed by atoms with Gasteiger partial charge in [-0.3, -0.25) is 0 Å². The molecular weight excluding hydrogens is 258 g/mol. The monoisotopic (exact) mass is 273 g/mol. The van der Waals surface area contributed by atoms with Crippen LogP contribution in [0.15, 0.2) is 18.2 Å². The molecule has 0 atom stereocenters. The summed E-state index contributed by atoms with van der Waals surface area (Å²) in [5.41, 5.74) is -0.829. The zero-order chi connectivity index (χ0) is 14.0. The third-order valence-electron chi connectivity index (χ3n) is 3.32. The minimum atomic E-state index is -4.50. The van der Waals surface area contributed by atoms with Crippen molar-refractivity contribution in [1.29, 1.82) is 0 Å². The van der Waals surface area contributed by atoms with Crippen LogP contribution in [-0.4, -0.2) is 30.3 Å². The summed E-state index contributed by atoms with van der Waals surface area (Å²) in [7, 11) is -1.89. The lowest BCUT2D eigenvalue weighted by atomic mass is 9.79. The smallest absolute Gasteiger partial charge is 0.423 e. The fourth-order valence-electron chi connectivity index (χ4n) is 2.35. The van der Waals surface area contributed by atoms with Gasteiger partial charge in [0.2, 0.25) is 0 Å². The van der Waals surface area contributed by atoms with Crippen molar-refractivity contribution >= 4 is 18.3 Å². The minimum absolute atomic E-state index is 0.122. The van der Waals surface area contributed by atoms with Crippen LogP contribution in [0, 0.1) is 0 Å². The molecule has 0 radical (unpaired) electrons. The molecule has 1 aliphatic heterocycles. The van der Waals surface area contributed by atoms with Crippen LogP contribution in [0.2, 0.25) is 0 Å². The van der Waals surface area contributed by atoms with E-state index in [2.05, 4.69) is 0 Å². The summed E-state index contributed by atoms with van der Waals surface area (Å²) >= 11 is 0. The predicted octanol–water partition coefficient (Wildman–Crippen LogP) is 1.38. The molecule has 1 aromatic rings. The second kappa shape index (κ2) is 5.42. The zero-order valence-corrected chi connectivity index (χ0v) is 10.3.